The number of thiophene rings is 1. The molecule has 0 atom stereocenters. The molecule has 0 spiro atoms. The molecule has 0 aromatic carbocycles. The molecule has 1 saturated heterocycles. The van der Waals surface area contributed by atoms with Gasteiger partial charge in [-0.1, -0.05) is 20.3 Å². The number of carboxylic acids is 1. The van der Waals surface area contributed by atoms with E-state index in [2.05, 4.69) is 18.7 Å². The monoisotopic (exact) mass is 267 g/mol. The standard InChI is InChI=1S/C14H21NO2S/c1-3-14(2)6-8-15(9-7-14)10-11-4-5-12(18-11)13(16)17/h4-5H,3,6-10H2,1-2H3,(H,16,17). The van der Waals surface area contributed by atoms with Gasteiger partial charge in [0.05, 0.1) is 0 Å². The SMILES string of the molecule is CCC1(C)CCN(Cc2ccc(C(=O)O)s2)CC1. The van der Waals surface area contributed by atoms with Crippen molar-refractivity contribution in [3.8, 4) is 0 Å². The van der Waals surface area contributed by atoms with Gasteiger partial charge in [0.15, 0.2) is 0 Å². The maximum Gasteiger partial charge on any atom is 0.345 e. The highest BCUT2D eigenvalue weighted by atomic mass is 32.1. The smallest absolute Gasteiger partial charge is 0.345 e. The van der Waals surface area contributed by atoms with Gasteiger partial charge in [-0.2, -0.15) is 0 Å². The molecule has 3 nitrogen and oxygen atoms in total. The summed E-state index contributed by atoms with van der Waals surface area (Å²) < 4.78 is 0. The minimum Gasteiger partial charge on any atom is -0.477 e. The number of hydrogen-bond donors (Lipinski definition) is 1. The van der Waals surface area contributed by atoms with Gasteiger partial charge in [-0.05, 0) is 43.5 Å². The van der Waals surface area contributed by atoms with Crippen LogP contribution in [-0.4, -0.2) is 29.1 Å². The summed E-state index contributed by atoms with van der Waals surface area (Å²) in [5.74, 6) is -0.816. The van der Waals surface area contributed by atoms with E-state index in [-0.39, 0.29) is 0 Å². The second-order valence-corrected chi connectivity index (χ2v) is 6.68. The zero-order valence-corrected chi connectivity index (χ0v) is 11.9. The maximum absolute atomic E-state index is 10.8. The Balaban J connectivity index is 1.89. The predicted molar refractivity (Wildman–Crippen MR) is 74.2 cm³/mol. The van der Waals surface area contributed by atoms with Crippen molar-refractivity contribution in [3.63, 3.8) is 0 Å². The summed E-state index contributed by atoms with van der Waals surface area (Å²) in [5.41, 5.74) is 0.512. The molecule has 1 aromatic heterocycles. The fourth-order valence-corrected chi connectivity index (χ4v) is 3.29. The van der Waals surface area contributed by atoms with E-state index in [0.717, 1.165) is 24.5 Å². The van der Waals surface area contributed by atoms with Crippen LogP contribution in [0.3, 0.4) is 0 Å². The fraction of sp³-hybridized carbons (Fsp3) is 0.643. The number of piperidine rings is 1. The Morgan fingerprint density at radius 2 is 2.11 bits per heavy atom. The summed E-state index contributed by atoms with van der Waals surface area (Å²) in [6, 6.07) is 3.66. The first-order valence-corrected chi connectivity index (χ1v) is 7.38. The Labute approximate surface area is 112 Å². The molecule has 18 heavy (non-hydrogen) atoms. The normalized spacial score (nSPS) is 19.9. The third-order valence-electron chi connectivity index (χ3n) is 4.17. The lowest BCUT2D eigenvalue weighted by atomic mass is 9.78. The first-order chi connectivity index (χ1) is 8.52. The van der Waals surface area contributed by atoms with E-state index in [1.165, 1.54) is 30.6 Å². The fourth-order valence-electron chi connectivity index (χ4n) is 2.40. The molecule has 4 heteroatoms. The molecule has 100 valence electrons. The Hall–Kier alpha value is -0.870. The number of rotatable bonds is 4. The van der Waals surface area contributed by atoms with Gasteiger partial charge in [0.25, 0.3) is 0 Å². The summed E-state index contributed by atoms with van der Waals surface area (Å²) in [6.07, 6.45) is 3.75. The van der Waals surface area contributed by atoms with E-state index in [1.54, 1.807) is 6.07 Å². The van der Waals surface area contributed by atoms with Crippen molar-refractivity contribution in [1.82, 2.24) is 4.90 Å². The van der Waals surface area contributed by atoms with E-state index in [4.69, 9.17) is 5.11 Å². The quantitative estimate of drug-likeness (QED) is 0.908. The van der Waals surface area contributed by atoms with Crippen LogP contribution in [0.5, 0.6) is 0 Å². The molecule has 0 aliphatic carbocycles. The van der Waals surface area contributed by atoms with Crippen molar-refractivity contribution in [2.45, 2.75) is 39.7 Å². The van der Waals surface area contributed by atoms with Gasteiger partial charge >= 0.3 is 5.97 Å². The van der Waals surface area contributed by atoms with Crippen LogP contribution in [0.2, 0.25) is 0 Å². The molecule has 1 aliphatic rings. The largest absolute Gasteiger partial charge is 0.477 e. The molecule has 1 N–H and O–H groups in total. The Morgan fingerprint density at radius 3 is 2.61 bits per heavy atom. The molecule has 0 unspecified atom stereocenters. The van der Waals surface area contributed by atoms with E-state index in [1.807, 2.05) is 6.07 Å². The predicted octanol–water partition coefficient (Wildman–Crippen LogP) is 3.46. The summed E-state index contributed by atoms with van der Waals surface area (Å²) >= 11 is 1.40. The van der Waals surface area contributed by atoms with Gasteiger partial charge in [-0.15, -0.1) is 11.3 Å². The molecule has 0 saturated carbocycles. The number of nitrogens with zero attached hydrogens (tertiary/aromatic N) is 1. The van der Waals surface area contributed by atoms with Gasteiger partial charge in [0.1, 0.15) is 4.88 Å². The topological polar surface area (TPSA) is 40.5 Å². The maximum atomic E-state index is 10.8. The summed E-state index contributed by atoms with van der Waals surface area (Å²) in [7, 11) is 0. The van der Waals surface area contributed by atoms with E-state index in [0.29, 0.717) is 10.3 Å². The van der Waals surface area contributed by atoms with Crippen LogP contribution in [0.1, 0.15) is 47.7 Å². The summed E-state index contributed by atoms with van der Waals surface area (Å²) in [4.78, 5) is 14.9. The first-order valence-electron chi connectivity index (χ1n) is 6.57. The first kappa shape index (κ1) is 13.6. The van der Waals surface area contributed by atoms with Crippen LogP contribution in [-0.2, 0) is 6.54 Å². The van der Waals surface area contributed by atoms with Crippen molar-refractivity contribution < 1.29 is 9.90 Å². The number of likely N-dealkylation sites (tertiary alicyclic amines) is 1. The van der Waals surface area contributed by atoms with Crippen molar-refractivity contribution in [2.24, 2.45) is 5.41 Å². The lowest BCUT2D eigenvalue weighted by Crippen LogP contribution is -2.37. The highest BCUT2D eigenvalue weighted by Crippen LogP contribution is 2.34. The number of carbonyl (C=O) groups is 1. The molecule has 1 aliphatic heterocycles. The van der Waals surface area contributed by atoms with Gasteiger partial charge in [-0.25, -0.2) is 4.79 Å². The molecular weight excluding hydrogens is 246 g/mol. The molecule has 2 rings (SSSR count). The average molecular weight is 267 g/mol. The molecule has 1 fully saturated rings. The van der Waals surface area contributed by atoms with Gasteiger partial charge in [-0.3, -0.25) is 4.90 Å². The van der Waals surface area contributed by atoms with E-state index in [9.17, 15) is 4.79 Å². The Kier molecular flexibility index (Phi) is 4.07. The van der Waals surface area contributed by atoms with Crippen LogP contribution in [0.15, 0.2) is 12.1 Å². The minimum absolute atomic E-state index is 0.445. The van der Waals surface area contributed by atoms with Crippen LogP contribution >= 0.6 is 11.3 Å². The van der Waals surface area contributed by atoms with Gasteiger partial charge < -0.3 is 5.11 Å². The lowest BCUT2D eigenvalue weighted by molar-refractivity contribution is 0.0702. The van der Waals surface area contributed by atoms with Gasteiger partial charge in [0, 0.05) is 11.4 Å². The molecule has 1 aromatic rings. The van der Waals surface area contributed by atoms with E-state index >= 15 is 0 Å². The molecule has 2 heterocycles. The minimum atomic E-state index is -0.816. The van der Waals surface area contributed by atoms with Gasteiger partial charge in [0.2, 0.25) is 0 Å². The molecular formula is C14H21NO2S. The highest BCUT2D eigenvalue weighted by Gasteiger charge is 2.28. The van der Waals surface area contributed by atoms with Crippen LogP contribution < -0.4 is 0 Å². The molecule has 0 amide bonds. The summed E-state index contributed by atoms with van der Waals surface area (Å²) in [6.45, 7) is 7.80. The highest BCUT2D eigenvalue weighted by molar-refractivity contribution is 7.13. The van der Waals surface area contributed by atoms with Crippen LogP contribution in [0.4, 0.5) is 0 Å². The zero-order chi connectivity index (χ0) is 13.2. The van der Waals surface area contributed by atoms with Crippen LogP contribution in [0.25, 0.3) is 0 Å². The Bertz CT molecular complexity index is 419. The number of hydrogen-bond acceptors (Lipinski definition) is 3. The third kappa shape index (κ3) is 3.12. The lowest BCUT2D eigenvalue weighted by Gasteiger charge is -2.38. The third-order valence-corrected chi connectivity index (χ3v) is 5.23. The average Bonchev–Trinajstić information content (AvgIpc) is 2.81. The molecule has 0 bridgehead atoms. The van der Waals surface area contributed by atoms with Crippen molar-refractivity contribution in [1.29, 1.82) is 0 Å². The number of carboxylic acid groups (broad SMARTS) is 1. The van der Waals surface area contributed by atoms with Crippen LogP contribution in [0, 0.1) is 5.41 Å². The van der Waals surface area contributed by atoms with Crippen molar-refractivity contribution in [2.75, 3.05) is 13.1 Å². The zero-order valence-electron chi connectivity index (χ0n) is 11.1. The number of aromatic carboxylic acids is 1. The van der Waals surface area contributed by atoms with Crippen molar-refractivity contribution in [3.05, 3.63) is 21.9 Å². The second-order valence-electron chi connectivity index (χ2n) is 5.51. The second kappa shape index (κ2) is 5.41. The van der Waals surface area contributed by atoms with E-state index < -0.39 is 5.97 Å². The van der Waals surface area contributed by atoms with Crippen molar-refractivity contribution >= 4 is 17.3 Å². The Morgan fingerprint density at radius 1 is 1.44 bits per heavy atom. The summed E-state index contributed by atoms with van der Waals surface area (Å²) in [5, 5.41) is 8.90. The molecule has 0 radical (unpaired) electrons.